The molecule has 0 amide bonds. The number of rotatable bonds is 5. The molecule has 2 N–H and O–H groups in total. The van der Waals surface area contributed by atoms with Gasteiger partial charge in [0.25, 0.3) is 0 Å². The zero-order valence-electron chi connectivity index (χ0n) is 9.66. The number of hydrogen-bond acceptors (Lipinski definition) is 6. The topological polar surface area (TPSA) is 78.9 Å². The minimum Gasteiger partial charge on any atom is -0.381 e. The molecule has 7 heteroatoms. The van der Waals surface area contributed by atoms with E-state index in [1.165, 1.54) is 12.8 Å². The van der Waals surface area contributed by atoms with Gasteiger partial charge in [-0.25, -0.2) is 4.68 Å². The monoisotopic (exact) mass is 255 g/mol. The summed E-state index contributed by atoms with van der Waals surface area (Å²) in [5, 5.41) is 12.7. The fourth-order valence-electron chi connectivity index (χ4n) is 2.03. The van der Waals surface area contributed by atoms with Gasteiger partial charge in [-0.15, -0.1) is 5.10 Å². The lowest BCUT2D eigenvalue weighted by atomic mass is 10.0. The van der Waals surface area contributed by atoms with Gasteiger partial charge in [0, 0.05) is 24.3 Å². The van der Waals surface area contributed by atoms with Crippen LogP contribution in [0.4, 0.5) is 0 Å². The van der Waals surface area contributed by atoms with Crippen molar-refractivity contribution in [3.63, 3.8) is 0 Å². The molecule has 2 fully saturated rings. The molecule has 2 atom stereocenters. The number of nitrogens with zero attached hydrogens (tertiary/aromatic N) is 4. The molecule has 2 unspecified atom stereocenters. The highest BCUT2D eigenvalue weighted by Crippen LogP contribution is 2.36. The first-order valence-corrected chi connectivity index (χ1v) is 7.07. The summed E-state index contributed by atoms with van der Waals surface area (Å²) in [6.07, 6.45) is 3.47. The van der Waals surface area contributed by atoms with Crippen LogP contribution in [0.1, 0.15) is 25.3 Å². The van der Waals surface area contributed by atoms with Gasteiger partial charge in [0.2, 0.25) is 5.16 Å². The maximum absolute atomic E-state index is 6.16. The maximum atomic E-state index is 6.16. The van der Waals surface area contributed by atoms with E-state index >= 15 is 0 Å². The summed E-state index contributed by atoms with van der Waals surface area (Å²) in [7, 11) is 0. The van der Waals surface area contributed by atoms with Crippen molar-refractivity contribution in [1.82, 2.24) is 20.2 Å². The Kier molecular flexibility index (Phi) is 3.30. The molecule has 17 heavy (non-hydrogen) atoms. The minimum atomic E-state index is 0.173. The molecule has 3 rings (SSSR count). The molecule has 1 saturated heterocycles. The zero-order valence-corrected chi connectivity index (χ0v) is 10.5. The summed E-state index contributed by atoms with van der Waals surface area (Å²) >= 11 is 1.66. The number of thioether (sulfide) groups is 1. The third kappa shape index (κ3) is 2.61. The average Bonchev–Trinajstić information content (AvgIpc) is 2.87. The van der Waals surface area contributed by atoms with Crippen LogP contribution in [-0.2, 0) is 4.74 Å². The third-order valence-electron chi connectivity index (χ3n) is 3.33. The molecular formula is C10H17N5OS. The second-order valence-electron chi connectivity index (χ2n) is 4.74. The molecule has 1 aliphatic carbocycles. The fraction of sp³-hybridized carbons (Fsp3) is 0.900. The first kappa shape index (κ1) is 11.4. The van der Waals surface area contributed by atoms with E-state index in [0.29, 0.717) is 12.0 Å². The van der Waals surface area contributed by atoms with E-state index in [1.807, 2.05) is 4.68 Å². The number of aromatic nitrogens is 4. The van der Waals surface area contributed by atoms with Gasteiger partial charge >= 0.3 is 0 Å². The fourth-order valence-corrected chi connectivity index (χ4v) is 3.05. The molecule has 1 aromatic heterocycles. The van der Waals surface area contributed by atoms with Crippen LogP contribution in [0, 0.1) is 5.92 Å². The van der Waals surface area contributed by atoms with Gasteiger partial charge < -0.3 is 10.5 Å². The number of tetrazole rings is 1. The largest absolute Gasteiger partial charge is 0.381 e. The second kappa shape index (κ2) is 4.91. The van der Waals surface area contributed by atoms with Crippen LogP contribution in [0.5, 0.6) is 0 Å². The van der Waals surface area contributed by atoms with Crippen LogP contribution < -0.4 is 5.73 Å². The summed E-state index contributed by atoms with van der Waals surface area (Å²) in [5.74, 6) is 1.36. The van der Waals surface area contributed by atoms with E-state index in [-0.39, 0.29) is 6.04 Å². The van der Waals surface area contributed by atoms with Crippen molar-refractivity contribution < 1.29 is 4.74 Å². The molecule has 1 saturated carbocycles. The number of nitrogens with two attached hydrogens (primary N) is 1. The van der Waals surface area contributed by atoms with Gasteiger partial charge in [-0.3, -0.25) is 0 Å². The van der Waals surface area contributed by atoms with E-state index in [0.717, 1.165) is 30.5 Å². The van der Waals surface area contributed by atoms with Crippen molar-refractivity contribution in [1.29, 1.82) is 0 Å². The van der Waals surface area contributed by atoms with Gasteiger partial charge in [0.15, 0.2) is 0 Å². The van der Waals surface area contributed by atoms with Gasteiger partial charge in [0.05, 0.1) is 12.6 Å². The van der Waals surface area contributed by atoms with Crippen molar-refractivity contribution in [2.75, 3.05) is 19.0 Å². The quantitative estimate of drug-likeness (QED) is 0.770. The standard InChI is InChI=1S/C10H17N5OS/c11-9(7-3-4-16-5-7)6-17-10-12-13-14-15(10)8-1-2-8/h7-9H,1-6,11H2. The molecule has 0 bridgehead atoms. The van der Waals surface area contributed by atoms with Crippen molar-refractivity contribution in [3.8, 4) is 0 Å². The zero-order chi connectivity index (χ0) is 11.7. The molecule has 0 aromatic carbocycles. The second-order valence-corrected chi connectivity index (χ2v) is 5.72. The Labute approximate surface area is 104 Å². The Bertz CT molecular complexity index is 375. The Morgan fingerprint density at radius 1 is 1.47 bits per heavy atom. The van der Waals surface area contributed by atoms with Gasteiger partial charge in [-0.2, -0.15) is 0 Å². The number of hydrogen-bond donors (Lipinski definition) is 1. The first-order chi connectivity index (χ1) is 8.34. The van der Waals surface area contributed by atoms with Crippen LogP contribution in [0.15, 0.2) is 5.16 Å². The smallest absolute Gasteiger partial charge is 0.209 e. The average molecular weight is 255 g/mol. The SMILES string of the molecule is NC(CSc1nnnn1C1CC1)C1CCOC1. The molecule has 2 heterocycles. The van der Waals surface area contributed by atoms with E-state index < -0.39 is 0 Å². The predicted molar refractivity (Wildman–Crippen MR) is 63.7 cm³/mol. The van der Waals surface area contributed by atoms with Gasteiger partial charge in [-0.05, 0) is 29.7 Å². The molecule has 1 aliphatic heterocycles. The molecule has 1 aromatic rings. The Morgan fingerprint density at radius 3 is 3.06 bits per heavy atom. The maximum Gasteiger partial charge on any atom is 0.209 e. The first-order valence-electron chi connectivity index (χ1n) is 6.08. The third-order valence-corrected chi connectivity index (χ3v) is 4.41. The van der Waals surface area contributed by atoms with Crippen LogP contribution in [-0.4, -0.2) is 45.2 Å². The summed E-state index contributed by atoms with van der Waals surface area (Å²) in [5.41, 5.74) is 6.16. The number of ether oxygens (including phenoxy) is 1. The molecule has 6 nitrogen and oxygen atoms in total. The molecule has 94 valence electrons. The highest BCUT2D eigenvalue weighted by atomic mass is 32.2. The lowest BCUT2D eigenvalue weighted by Gasteiger charge is -2.16. The van der Waals surface area contributed by atoms with Crippen molar-refractivity contribution in [2.45, 2.75) is 36.5 Å². The summed E-state index contributed by atoms with van der Waals surface area (Å²) in [6.45, 7) is 1.65. The summed E-state index contributed by atoms with van der Waals surface area (Å²) < 4.78 is 7.29. The van der Waals surface area contributed by atoms with Crippen molar-refractivity contribution in [2.24, 2.45) is 11.7 Å². The lowest BCUT2D eigenvalue weighted by molar-refractivity contribution is 0.182. The van der Waals surface area contributed by atoms with Gasteiger partial charge in [0.1, 0.15) is 0 Å². The van der Waals surface area contributed by atoms with Gasteiger partial charge in [-0.1, -0.05) is 11.8 Å². The van der Waals surface area contributed by atoms with Crippen LogP contribution >= 0.6 is 11.8 Å². The minimum absolute atomic E-state index is 0.173. The molecule has 0 spiro atoms. The molecular weight excluding hydrogens is 238 g/mol. The van der Waals surface area contributed by atoms with Crippen LogP contribution in [0.25, 0.3) is 0 Å². The van der Waals surface area contributed by atoms with Crippen molar-refractivity contribution >= 4 is 11.8 Å². The predicted octanol–water partition coefficient (Wildman–Crippen LogP) is 0.464. The van der Waals surface area contributed by atoms with E-state index in [9.17, 15) is 0 Å². The Morgan fingerprint density at radius 2 is 2.35 bits per heavy atom. The Hall–Kier alpha value is -0.660. The van der Waals surface area contributed by atoms with E-state index in [2.05, 4.69) is 15.5 Å². The van der Waals surface area contributed by atoms with E-state index in [1.54, 1.807) is 11.8 Å². The Balaban J connectivity index is 1.54. The highest BCUT2D eigenvalue weighted by Gasteiger charge is 2.29. The highest BCUT2D eigenvalue weighted by molar-refractivity contribution is 7.99. The van der Waals surface area contributed by atoms with Crippen LogP contribution in [0.2, 0.25) is 0 Å². The molecule has 0 radical (unpaired) electrons. The van der Waals surface area contributed by atoms with E-state index in [4.69, 9.17) is 10.5 Å². The summed E-state index contributed by atoms with van der Waals surface area (Å²) in [6, 6.07) is 0.699. The molecule has 2 aliphatic rings. The lowest BCUT2D eigenvalue weighted by Crippen LogP contribution is -2.32. The summed E-state index contributed by atoms with van der Waals surface area (Å²) in [4.78, 5) is 0. The van der Waals surface area contributed by atoms with Crippen molar-refractivity contribution in [3.05, 3.63) is 0 Å². The van der Waals surface area contributed by atoms with Crippen LogP contribution in [0.3, 0.4) is 0 Å². The normalized spacial score (nSPS) is 26.3.